The quantitative estimate of drug-likeness (QED) is 0.456. The van der Waals surface area contributed by atoms with Gasteiger partial charge in [-0.3, -0.25) is 15.0 Å². The predicted molar refractivity (Wildman–Crippen MR) is 118 cm³/mol. The lowest BCUT2D eigenvalue weighted by molar-refractivity contribution is -0.129. The lowest BCUT2D eigenvalue weighted by atomic mass is 10.2. The fraction of sp³-hybridized carbons (Fsp3) is 0.0952. The number of carbonyl (C=O) groups excluding carboxylic acids is 2. The molecule has 0 spiro atoms. The van der Waals surface area contributed by atoms with Crippen molar-refractivity contribution < 1.29 is 19.5 Å². The van der Waals surface area contributed by atoms with Crippen LogP contribution in [0.3, 0.4) is 0 Å². The van der Waals surface area contributed by atoms with Crippen LogP contribution in [0.15, 0.2) is 59.8 Å². The van der Waals surface area contributed by atoms with Gasteiger partial charge in [0.2, 0.25) is 5.91 Å². The van der Waals surface area contributed by atoms with Crippen molar-refractivity contribution in [3.8, 4) is 0 Å². The normalized spacial score (nSPS) is 16.8. The molecule has 2 heterocycles. The number of amidine groups is 1. The highest BCUT2D eigenvalue weighted by Crippen LogP contribution is 2.27. The highest BCUT2D eigenvalue weighted by molar-refractivity contribution is 8.14. The van der Waals surface area contributed by atoms with E-state index in [4.69, 9.17) is 10.5 Å². The first-order chi connectivity index (χ1) is 14.9. The van der Waals surface area contributed by atoms with Crippen LogP contribution in [-0.4, -0.2) is 49.5 Å². The van der Waals surface area contributed by atoms with Crippen molar-refractivity contribution in [1.29, 1.82) is 5.41 Å². The van der Waals surface area contributed by atoms with E-state index in [-0.39, 0.29) is 17.2 Å². The molecule has 2 aromatic carbocycles. The lowest BCUT2D eigenvalue weighted by Crippen LogP contribution is -2.42. The molecule has 1 aliphatic rings. The molecule has 0 unspecified atom stereocenters. The number of aromatic nitrogens is 1. The van der Waals surface area contributed by atoms with Crippen LogP contribution in [0, 0.1) is 5.41 Å². The predicted octanol–water partition coefficient (Wildman–Crippen LogP) is 3.11. The number of nitrogens with zero attached hydrogens (tertiary/aromatic N) is 2. The minimum atomic E-state index is -1.06. The molecule has 31 heavy (non-hydrogen) atoms. The molecule has 2 amide bonds. The number of nitrogens with one attached hydrogen (secondary N) is 3. The Morgan fingerprint density at radius 1 is 1.23 bits per heavy atom. The smallest absolute Gasteiger partial charge is 0.335 e. The average Bonchev–Trinajstić information content (AvgIpc) is 3.16. The number of hydrogen-bond donors (Lipinski definition) is 4. The van der Waals surface area contributed by atoms with Crippen molar-refractivity contribution in [2.24, 2.45) is 5.10 Å². The van der Waals surface area contributed by atoms with E-state index in [0.29, 0.717) is 5.69 Å². The van der Waals surface area contributed by atoms with Crippen LogP contribution < -0.4 is 5.32 Å². The standard InChI is InChI=1S/C21H17N5O4S/c22-21-26(24-11-13-10-23-16-4-2-1-3-15(13)16)18(27)9-17(31-21)19(28)25-14-7-5-12(6-8-14)20(29)30/h1-8,10-11,17,22-23H,9H2,(H,25,28)(H,29,30)/b22-21?,24-11-/t17-/m1/s1. The van der Waals surface area contributed by atoms with Crippen LogP contribution in [0.5, 0.6) is 0 Å². The summed E-state index contributed by atoms with van der Waals surface area (Å²) in [6, 6.07) is 13.4. The highest BCUT2D eigenvalue weighted by atomic mass is 32.2. The zero-order chi connectivity index (χ0) is 22.0. The third-order valence-corrected chi connectivity index (χ3v) is 5.73. The largest absolute Gasteiger partial charge is 0.478 e. The number of para-hydroxylation sites is 1. The summed E-state index contributed by atoms with van der Waals surface area (Å²) in [6.07, 6.45) is 3.17. The number of rotatable bonds is 5. The summed E-state index contributed by atoms with van der Waals surface area (Å²) in [7, 11) is 0. The third-order valence-electron chi connectivity index (χ3n) is 4.67. The molecule has 156 valence electrons. The van der Waals surface area contributed by atoms with Crippen LogP contribution in [0.4, 0.5) is 5.69 Å². The number of carbonyl (C=O) groups is 3. The van der Waals surface area contributed by atoms with Gasteiger partial charge in [0.15, 0.2) is 5.17 Å². The summed E-state index contributed by atoms with van der Waals surface area (Å²) in [5.74, 6) is -1.96. The van der Waals surface area contributed by atoms with E-state index in [0.717, 1.165) is 33.2 Å². The van der Waals surface area contributed by atoms with Crippen LogP contribution in [0.25, 0.3) is 10.9 Å². The molecule has 1 saturated heterocycles. The number of benzene rings is 2. The first kappa shape index (κ1) is 20.4. The van der Waals surface area contributed by atoms with Crippen LogP contribution in [-0.2, 0) is 9.59 Å². The Kier molecular flexibility index (Phi) is 5.54. The maximum atomic E-state index is 12.5. The number of hydrogen-bond acceptors (Lipinski definition) is 6. The topological polar surface area (TPSA) is 139 Å². The summed E-state index contributed by atoms with van der Waals surface area (Å²) >= 11 is 0.935. The van der Waals surface area contributed by atoms with E-state index in [1.54, 1.807) is 6.20 Å². The minimum Gasteiger partial charge on any atom is -0.478 e. The molecular weight excluding hydrogens is 418 g/mol. The van der Waals surface area contributed by atoms with E-state index in [1.165, 1.54) is 30.5 Å². The maximum Gasteiger partial charge on any atom is 0.335 e. The molecular formula is C21H17N5O4S. The fourth-order valence-corrected chi connectivity index (χ4v) is 4.00. The molecule has 0 saturated carbocycles. The molecule has 9 nitrogen and oxygen atoms in total. The van der Waals surface area contributed by atoms with Gasteiger partial charge < -0.3 is 15.4 Å². The van der Waals surface area contributed by atoms with Crippen molar-refractivity contribution in [3.63, 3.8) is 0 Å². The molecule has 0 bridgehead atoms. The van der Waals surface area contributed by atoms with Crippen LogP contribution in [0.1, 0.15) is 22.3 Å². The van der Waals surface area contributed by atoms with Crippen molar-refractivity contribution >= 4 is 57.5 Å². The van der Waals surface area contributed by atoms with Crippen LogP contribution in [0.2, 0.25) is 0 Å². The van der Waals surface area contributed by atoms with Crippen molar-refractivity contribution in [2.45, 2.75) is 11.7 Å². The van der Waals surface area contributed by atoms with Gasteiger partial charge in [0.1, 0.15) is 5.25 Å². The van der Waals surface area contributed by atoms with Gasteiger partial charge in [0, 0.05) is 28.4 Å². The monoisotopic (exact) mass is 435 g/mol. The zero-order valence-corrected chi connectivity index (χ0v) is 16.8. The number of H-pyrrole nitrogens is 1. The maximum absolute atomic E-state index is 12.5. The Bertz CT molecular complexity index is 1200. The van der Waals surface area contributed by atoms with Gasteiger partial charge >= 0.3 is 5.97 Å². The van der Waals surface area contributed by atoms with E-state index in [9.17, 15) is 14.4 Å². The highest BCUT2D eigenvalue weighted by Gasteiger charge is 2.35. The van der Waals surface area contributed by atoms with Gasteiger partial charge in [-0.15, -0.1) is 0 Å². The summed E-state index contributed by atoms with van der Waals surface area (Å²) < 4.78 is 0. The number of aromatic carboxylic acids is 1. The van der Waals surface area contributed by atoms with Gasteiger partial charge in [-0.05, 0) is 30.3 Å². The summed E-state index contributed by atoms with van der Waals surface area (Å²) in [4.78, 5) is 39.1. The Morgan fingerprint density at radius 2 is 1.97 bits per heavy atom. The van der Waals surface area contributed by atoms with E-state index >= 15 is 0 Å². The number of anilines is 1. The fourth-order valence-electron chi connectivity index (χ4n) is 3.09. The van der Waals surface area contributed by atoms with E-state index in [2.05, 4.69) is 15.4 Å². The molecule has 10 heteroatoms. The number of aromatic amines is 1. The summed E-state index contributed by atoms with van der Waals surface area (Å²) in [5, 5.41) is 24.9. The van der Waals surface area contributed by atoms with Crippen LogP contribution >= 0.6 is 11.8 Å². The number of fused-ring (bicyclic) bond motifs is 1. The Hall–Kier alpha value is -3.92. The van der Waals surface area contributed by atoms with Crippen molar-refractivity contribution in [2.75, 3.05) is 5.32 Å². The minimum absolute atomic E-state index is 0.103. The Labute approximate surface area is 180 Å². The van der Waals surface area contributed by atoms with Gasteiger partial charge in [0.25, 0.3) is 5.91 Å². The Balaban J connectivity index is 1.41. The van der Waals surface area contributed by atoms with Gasteiger partial charge in [-0.25, -0.2) is 4.79 Å². The number of carboxylic acid groups (broad SMARTS) is 1. The average molecular weight is 435 g/mol. The SMILES string of the molecule is N=C1S[C@@H](C(=O)Nc2ccc(C(=O)O)cc2)CC(=O)N1/N=C\c1c[nH]c2ccccc12. The molecule has 4 N–H and O–H groups in total. The second-order valence-corrected chi connectivity index (χ2v) is 7.92. The number of amides is 2. The van der Waals surface area contributed by atoms with E-state index < -0.39 is 23.0 Å². The van der Waals surface area contributed by atoms with Gasteiger partial charge in [-0.2, -0.15) is 10.1 Å². The molecule has 1 fully saturated rings. The second-order valence-electron chi connectivity index (χ2n) is 6.73. The number of hydrazone groups is 1. The van der Waals surface area contributed by atoms with Crippen molar-refractivity contribution in [1.82, 2.24) is 9.99 Å². The first-order valence-corrected chi connectivity index (χ1v) is 10.1. The van der Waals surface area contributed by atoms with Gasteiger partial charge in [0.05, 0.1) is 18.2 Å². The molecule has 3 aromatic rings. The molecule has 1 atom stereocenters. The second kappa shape index (κ2) is 8.44. The van der Waals surface area contributed by atoms with E-state index in [1.807, 2.05) is 24.3 Å². The third kappa shape index (κ3) is 4.33. The number of carboxylic acids is 1. The Morgan fingerprint density at radius 3 is 2.68 bits per heavy atom. The summed E-state index contributed by atoms with van der Waals surface area (Å²) in [5.41, 5.74) is 2.23. The molecule has 4 rings (SSSR count). The molecule has 0 aliphatic carbocycles. The number of thioether (sulfide) groups is 1. The summed E-state index contributed by atoms with van der Waals surface area (Å²) in [6.45, 7) is 0. The van der Waals surface area contributed by atoms with Gasteiger partial charge in [-0.1, -0.05) is 30.0 Å². The lowest BCUT2D eigenvalue weighted by Gasteiger charge is -2.27. The molecule has 0 radical (unpaired) electrons. The first-order valence-electron chi connectivity index (χ1n) is 9.25. The molecule has 1 aromatic heterocycles. The zero-order valence-electron chi connectivity index (χ0n) is 16.0. The molecule has 1 aliphatic heterocycles. The van der Waals surface area contributed by atoms with Crippen molar-refractivity contribution in [3.05, 3.63) is 65.9 Å².